The summed E-state index contributed by atoms with van der Waals surface area (Å²) < 4.78 is 7.79. The molecule has 0 radical (unpaired) electrons. The van der Waals surface area contributed by atoms with Gasteiger partial charge in [-0.1, -0.05) is 12.1 Å². The Balaban J connectivity index is 1.96. The second kappa shape index (κ2) is 4.92. The maximum absolute atomic E-state index is 11.8. The Morgan fingerprint density at radius 2 is 2.22 bits per heavy atom. The molecule has 3 rings (SSSR count). The number of ether oxygens (including phenoxy) is 1. The van der Waals surface area contributed by atoms with Gasteiger partial charge in [0.05, 0.1) is 24.8 Å². The third kappa shape index (κ3) is 2.17. The van der Waals surface area contributed by atoms with E-state index in [0.29, 0.717) is 0 Å². The topological polar surface area (TPSA) is 43.3 Å². The molecule has 18 heavy (non-hydrogen) atoms. The molecule has 0 saturated carbocycles. The van der Waals surface area contributed by atoms with Crippen LogP contribution in [0.5, 0.6) is 0 Å². The molecule has 0 spiro atoms. The summed E-state index contributed by atoms with van der Waals surface area (Å²) in [6, 6.07) is 9.32. The Labute approximate surface area is 105 Å². The number of pyridine rings is 1. The van der Waals surface area contributed by atoms with Gasteiger partial charge in [0.25, 0.3) is 0 Å². The average molecular weight is 244 g/mol. The van der Waals surface area contributed by atoms with Gasteiger partial charge in [0, 0.05) is 30.7 Å². The minimum atomic E-state index is 0.0736. The molecule has 2 heterocycles. The van der Waals surface area contributed by atoms with Gasteiger partial charge in [-0.25, -0.2) is 0 Å². The number of hydrogen-bond acceptors (Lipinski definition) is 3. The van der Waals surface area contributed by atoms with Crippen LogP contribution in [0.2, 0.25) is 0 Å². The van der Waals surface area contributed by atoms with Crippen molar-refractivity contribution in [1.82, 2.24) is 9.88 Å². The minimum Gasteiger partial charge on any atom is -0.374 e. The highest BCUT2D eigenvalue weighted by molar-refractivity contribution is 5.78. The molecule has 0 bridgehead atoms. The van der Waals surface area contributed by atoms with E-state index < -0.39 is 0 Å². The van der Waals surface area contributed by atoms with Crippen molar-refractivity contribution in [2.24, 2.45) is 0 Å². The lowest BCUT2D eigenvalue weighted by atomic mass is 10.2. The normalized spacial score (nSPS) is 20.1. The Hall–Kier alpha value is -1.65. The molecule has 1 unspecified atom stereocenters. The first-order chi connectivity index (χ1) is 8.84. The van der Waals surface area contributed by atoms with E-state index in [1.165, 1.54) is 0 Å². The number of morpholine rings is 1. The second-order valence-electron chi connectivity index (χ2n) is 4.55. The second-order valence-corrected chi connectivity index (χ2v) is 4.55. The first kappa shape index (κ1) is 11.4. The molecule has 1 saturated heterocycles. The largest absolute Gasteiger partial charge is 0.374 e. The van der Waals surface area contributed by atoms with Crippen molar-refractivity contribution in [3.05, 3.63) is 46.8 Å². The molecule has 1 N–H and O–H groups in total. The Morgan fingerprint density at radius 3 is 3.06 bits per heavy atom. The highest BCUT2D eigenvalue weighted by Crippen LogP contribution is 2.11. The van der Waals surface area contributed by atoms with Crippen LogP contribution in [0.1, 0.15) is 0 Å². The van der Waals surface area contributed by atoms with Crippen LogP contribution in [-0.2, 0) is 11.3 Å². The van der Waals surface area contributed by atoms with Gasteiger partial charge in [-0.05, 0) is 12.1 Å². The molecule has 2 aromatic rings. The molecule has 1 aromatic heterocycles. The van der Waals surface area contributed by atoms with Gasteiger partial charge in [0.2, 0.25) is 0 Å². The maximum Gasteiger partial charge on any atom is 0.189 e. The van der Waals surface area contributed by atoms with Crippen molar-refractivity contribution in [2.75, 3.05) is 19.7 Å². The number of benzene rings is 1. The molecule has 1 aliphatic rings. The fraction of sp³-hybridized carbons (Fsp3) is 0.357. The summed E-state index contributed by atoms with van der Waals surface area (Å²) in [5.74, 6) is 0. The van der Waals surface area contributed by atoms with E-state index in [2.05, 4.69) is 9.88 Å². The molecular weight excluding hydrogens is 228 g/mol. The first-order valence-electron chi connectivity index (χ1n) is 6.25. The Bertz CT molecular complexity index is 600. The zero-order valence-electron chi connectivity index (χ0n) is 10.1. The predicted octanol–water partition coefficient (Wildman–Crippen LogP) is 0.990. The standard InChI is InChI=1S/C14H16N2O2/c17-14-5-7-16(10-11-9-15-6-8-18-11)13-4-2-1-3-12(13)14/h1-5,7,11,15H,6,8-10H2. The number of aromatic nitrogens is 1. The monoisotopic (exact) mass is 244 g/mol. The number of para-hydroxylation sites is 1. The lowest BCUT2D eigenvalue weighted by Crippen LogP contribution is -2.40. The van der Waals surface area contributed by atoms with E-state index in [9.17, 15) is 4.79 Å². The smallest absolute Gasteiger partial charge is 0.189 e. The van der Waals surface area contributed by atoms with Gasteiger partial charge >= 0.3 is 0 Å². The zero-order chi connectivity index (χ0) is 12.4. The van der Waals surface area contributed by atoms with Gasteiger partial charge in [0.15, 0.2) is 5.43 Å². The van der Waals surface area contributed by atoms with Crippen LogP contribution in [0.25, 0.3) is 10.9 Å². The lowest BCUT2D eigenvalue weighted by molar-refractivity contribution is 0.0188. The highest BCUT2D eigenvalue weighted by Gasteiger charge is 2.14. The Morgan fingerprint density at radius 1 is 1.33 bits per heavy atom. The summed E-state index contributed by atoms with van der Waals surface area (Å²) in [6.07, 6.45) is 2.02. The molecule has 4 nitrogen and oxygen atoms in total. The fourth-order valence-electron chi connectivity index (χ4n) is 2.38. The number of rotatable bonds is 2. The quantitative estimate of drug-likeness (QED) is 0.856. The Kier molecular flexibility index (Phi) is 3.13. The molecule has 1 aromatic carbocycles. The number of nitrogens with one attached hydrogen (secondary N) is 1. The van der Waals surface area contributed by atoms with Gasteiger partial charge in [-0.3, -0.25) is 4.79 Å². The highest BCUT2D eigenvalue weighted by atomic mass is 16.5. The van der Waals surface area contributed by atoms with Crippen LogP contribution in [0.15, 0.2) is 41.3 Å². The molecule has 1 fully saturated rings. The van der Waals surface area contributed by atoms with Gasteiger partial charge in [-0.2, -0.15) is 0 Å². The van der Waals surface area contributed by atoms with E-state index in [0.717, 1.165) is 37.1 Å². The van der Waals surface area contributed by atoms with Crippen LogP contribution in [0.4, 0.5) is 0 Å². The maximum atomic E-state index is 11.8. The van der Waals surface area contributed by atoms with Crippen LogP contribution in [-0.4, -0.2) is 30.4 Å². The van der Waals surface area contributed by atoms with E-state index in [1.54, 1.807) is 6.07 Å². The summed E-state index contributed by atoms with van der Waals surface area (Å²) >= 11 is 0. The molecule has 0 aliphatic carbocycles. The predicted molar refractivity (Wildman–Crippen MR) is 70.8 cm³/mol. The first-order valence-corrected chi connectivity index (χ1v) is 6.25. The van der Waals surface area contributed by atoms with Crippen molar-refractivity contribution < 1.29 is 4.74 Å². The summed E-state index contributed by atoms with van der Waals surface area (Å²) in [4.78, 5) is 11.8. The summed E-state index contributed by atoms with van der Waals surface area (Å²) in [5, 5.41) is 4.08. The summed E-state index contributed by atoms with van der Waals surface area (Å²) in [5.41, 5.74) is 1.05. The van der Waals surface area contributed by atoms with Crippen molar-refractivity contribution in [1.29, 1.82) is 0 Å². The number of fused-ring (bicyclic) bond motifs is 1. The van der Waals surface area contributed by atoms with E-state index in [-0.39, 0.29) is 11.5 Å². The van der Waals surface area contributed by atoms with Gasteiger partial charge in [-0.15, -0.1) is 0 Å². The van der Waals surface area contributed by atoms with E-state index in [1.807, 2.05) is 30.5 Å². The van der Waals surface area contributed by atoms with Crippen LogP contribution in [0.3, 0.4) is 0 Å². The lowest BCUT2D eigenvalue weighted by Gasteiger charge is -2.25. The molecule has 0 amide bonds. The van der Waals surface area contributed by atoms with Gasteiger partial charge in [0.1, 0.15) is 0 Å². The average Bonchev–Trinajstić information content (AvgIpc) is 2.44. The van der Waals surface area contributed by atoms with Crippen molar-refractivity contribution in [3.63, 3.8) is 0 Å². The van der Waals surface area contributed by atoms with E-state index >= 15 is 0 Å². The third-order valence-corrected chi connectivity index (χ3v) is 3.29. The van der Waals surface area contributed by atoms with Crippen molar-refractivity contribution >= 4 is 10.9 Å². The molecular formula is C14H16N2O2. The summed E-state index contributed by atoms with van der Waals surface area (Å²) in [6.45, 7) is 3.30. The van der Waals surface area contributed by atoms with E-state index in [4.69, 9.17) is 4.74 Å². The van der Waals surface area contributed by atoms with Gasteiger partial charge < -0.3 is 14.6 Å². The molecule has 4 heteroatoms. The number of nitrogens with zero attached hydrogens (tertiary/aromatic N) is 1. The zero-order valence-corrected chi connectivity index (χ0v) is 10.1. The van der Waals surface area contributed by atoms with Crippen molar-refractivity contribution in [2.45, 2.75) is 12.6 Å². The minimum absolute atomic E-state index is 0.0736. The van der Waals surface area contributed by atoms with Crippen molar-refractivity contribution in [3.8, 4) is 0 Å². The molecule has 94 valence electrons. The third-order valence-electron chi connectivity index (χ3n) is 3.29. The SMILES string of the molecule is O=c1ccn(CC2CNCCO2)c2ccccc12. The van der Waals surface area contributed by atoms with Crippen LogP contribution >= 0.6 is 0 Å². The molecule has 1 atom stereocenters. The number of hydrogen-bond donors (Lipinski definition) is 1. The molecule has 1 aliphatic heterocycles. The van der Waals surface area contributed by atoms with Crippen LogP contribution < -0.4 is 10.7 Å². The van der Waals surface area contributed by atoms with Crippen LogP contribution in [0, 0.1) is 0 Å². The summed E-state index contributed by atoms with van der Waals surface area (Å²) in [7, 11) is 0. The fourth-order valence-corrected chi connectivity index (χ4v) is 2.38.